The minimum absolute atomic E-state index is 0.0338. The summed E-state index contributed by atoms with van der Waals surface area (Å²) in [5, 5.41) is 1.07. The van der Waals surface area contributed by atoms with Crippen molar-refractivity contribution in [2.75, 3.05) is 24.6 Å². The maximum absolute atomic E-state index is 6.07. The van der Waals surface area contributed by atoms with Crippen LogP contribution >= 0.6 is 11.5 Å². The van der Waals surface area contributed by atoms with Crippen LogP contribution < -0.4 is 4.90 Å². The van der Waals surface area contributed by atoms with Crippen LogP contribution in [0, 0.1) is 0 Å². The normalized spacial score (nSPS) is 23.2. The number of nitrogens with zero attached hydrogens (tertiary/aromatic N) is 3. The van der Waals surface area contributed by atoms with Crippen LogP contribution in [-0.4, -0.2) is 34.7 Å². The van der Waals surface area contributed by atoms with Crippen molar-refractivity contribution >= 4 is 16.7 Å². The molecule has 2 aliphatic rings. The fourth-order valence-corrected chi connectivity index (χ4v) is 3.86. The van der Waals surface area contributed by atoms with Crippen molar-refractivity contribution in [2.24, 2.45) is 0 Å². The SMILES string of the molecule is CC(C)(C)c1nsc(N2CCOC3(CCCC3)C2)n1. The smallest absolute Gasteiger partial charge is 0.205 e. The van der Waals surface area contributed by atoms with Crippen LogP contribution in [0.15, 0.2) is 0 Å². The van der Waals surface area contributed by atoms with Gasteiger partial charge >= 0.3 is 0 Å². The Bertz CT molecular complexity index is 446. The van der Waals surface area contributed by atoms with E-state index in [1.165, 1.54) is 37.2 Å². The first-order chi connectivity index (χ1) is 8.99. The van der Waals surface area contributed by atoms with Crippen molar-refractivity contribution in [3.05, 3.63) is 5.82 Å². The molecule has 1 aromatic heterocycles. The molecule has 1 saturated heterocycles. The van der Waals surface area contributed by atoms with Gasteiger partial charge in [-0.15, -0.1) is 0 Å². The van der Waals surface area contributed by atoms with E-state index in [0.717, 1.165) is 30.7 Å². The lowest BCUT2D eigenvalue weighted by Crippen LogP contribution is -2.50. The van der Waals surface area contributed by atoms with Gasteiger partial charge in [0.05, 0.1) is 12.2 Å². The summed E-state index contributed by atoms with van der Waals surface area (Å²) in [4.78, 5) is 7.11. The highest BCUT2D eigenvalue weighted by Gasteiger charge is 2.40. The van der Waals surface area contributed by atoms with E-state index in [9.17, 15) is 0 Å². The summed E-state index contributed by atoms with van der Waals surface area (Å²) in [6, 6.07) is 0. The lowest BCUT2D eigenvalue weighted by molar-refractivity contribution is -0.0501. The predicted molar refractivity (Wildman–Crippen MR) is 78.0 cm³/mol. The summed E-state index contributed by atoms with van der Waals surface area (Å²) in [6.45, 7) is 9.25. The summed E-state index contributed by atoms with van der Waals surface area (Å²) in [7, 11) is 0. The summed E-state index contributed by atoms with van der Waals surface area (Å²) < 4.78 is 10.6. The fraction of sp³-hybridized carbons (Fsp3) is 0.857. The van der Waals surface area contributed by atoms with Gasteiger partial charge in [0, 0.05) is 30.0 Å². The molecule has 0 bridgehead atoms. The van der Waals surface area contributed by atoms with Gasteiger partial charge in [-0.25, -0.2) is 4.98 Å². The van der Waals surface area contributed by atoms with Crippen LogP contribution in [-0.2, 0) is 10.2 Å². The van der Waals surface area contributed by atoms with Crippen LogP contribution in [0.5, 0.6) is 0 Å². The van der Waals surface area contributed by atoms with E-state index in [0.29, 0.717) is 0 Å². The molecule has 0 amide bonds. The van der Waals surface area contributed by atoms with Crippen molar-refractivity contribution in [1.29, 1.82) is 0 Å². The molecule has 0 radical (unpaired) electrons. The van der Waals surface area contributed by atoms with Gasteiger partial charge in [0.1, 0.15) is 5.82 Å². The Morgan fingerprint density at radius 2 is 2.00 bits per heavy atom. The highest BCUT2D eigenvalue weighted by molar-refractivity contribution is 7.09. The Kier molecular flexibility index (Phi) is 3.29. The molecule has 0 atom stereocenters. The zero-order valence-electron chi connectivity index (χ0n) is 12.1. The largest absolute Gasteiger partial charge is 0.371 e. The van der Waals surface area contributed by atoms with Crippen LogP contribution in [0.4, 0.5) is 5.13 Å². The number of morpholine rings is 1. The Morgan fingerprint density at radius 1 is 1.26 bits per heavy atom. The second kappa shape index (κ2) is 4.70. The average Bonchev–Trinajstić information content (AvgIpc) is 2.98. The fourth-order valence-electron chi connectivity index (χ4n) is 2.98. The number of hydrogen-bond donors (Lipinski definition) is 0. The number of rotatable bonds is 1. The van der Waals surface area contributed by atoms with Crippen molar-refractivity contribution < 1.29 is 4.74 Å². The second-order valence-electron chi connectivity index (χ2n) is 6.81. The van der Waals surface area contributed by atoms with Gasteiger partial charge in [0.25, 0.3) is 0 Å². The molecule has 0 unspecified atom stereocenters. The van der Waals surface area contributed by atoms with Gasteiger partial charge in [-0.2, -0.15) is 4.37 Å². The molecule has 0 N–H and O–H groups in total. The molecule has 0 aromatic carbocycles. The number of anilines is 1. The van der Waals surface area contributed by atoms with Gasteiger partial charge in [0.15, 0.2) is 0 Å². The molecule has 1 aliphatic carbocycles. The van der Waals surface area contributed by atoms with E-state index < -0.39 is 0 Å². The Labute approximate surface area is 119 Å². The van der Waals surface area contributed by atoms with E-state index in [4.69, 9.17) is 9.72 Å². The van der Waals surface area contributed by atoms with Gasteiger partial charge in [-0.05, 0) is 12.8 Å². The first-order valence-electron chi connectivity index (χ1n) is 7.22. The summed E-state index contributed by atoms with van der Waals surface area (Å²) in [5.41, 5.74) is 0.137. The molecule has 2 heterocycles. The van der Waals surface area contributed by atoms with E-state index in [2.05, 4.69) is 30.0 Å². The molecule has 2 fully saturated rings. The third kappa shape index (κ3) is 2.63. The van der Waals surface area contributed by atoms with Crippen molar-refractivity contribution in [2.45, 2.75) is 57.5 Å². The number of aromatic nitrogens is 2. The molecular weight excluding hydrogens is 258 g/mol. The Morgan fingerprint density at radius 3 is 2.63 bits per heavy atom. The molecule has 1 aliphatic heterocycles. The molecule has 1 aromatic rings. The van der Waals surface area contributed by atoms with Crippen LogP contribution in [0.25, 0.3) is 0 Å². The summed E-state index contributed by atoms with van der Waals surface area (Å²) in [5.74, 6) is 0.958. The number of hydrogen-bond acceptors (Lipinski definition) is 5. The van der Waals surface area contributed by atoms with E-state index in [1.807, 2.05) is 0 Å². The highest BCUT2D eigenvalue weighted by atomic mass is 32.1. The number of ether oxygens (including phenoxy) is 1. The maximum Gasteiger partial charge on any atom is 0.205 e. The standard InChI is InChI=1S/C14H23N3OS/c1-13(2,3)11-15-12(19-16-11)17-8-9-18-14(10-17)6-4-5-7-14/h4-10H2,1-3H3. The third-order valence-corrected chi connectivity index (χ3v) is 4.90. The summed E-state index contributed by atoms with van der Waals surface area (Å²) >= 11 is 1.53. The van der Waals surface area contributed by atoms with Crippen LogP contribution in [0.2, 0.25) is 0 Å². The predicted octanol–water partition coefficient (Wildman–Crippen LogP) is 2.99. The van der Waals surface area contributed by atoms with Gasteiger partial charge in [0.2, 0.25) is 5.13 Å². The zero-order chi connectivity index (χ0) is 13.5. The molecule has 19 heavy (non-hydrogen) atoms. The lowest BCUT2D eigenvalue weighted by Gasteiger charge is -2.40. The van der Waals surface area contributed by atoms with Crippen LogP contribution in [0.1, 0.15) is 52.3 Å². The van der Waals surface area contributed by atoms with Gasteiger partial charge < -0.3 is 9.64 Å². The first kappa shape index (κ1) is 13.3. The molecule has 3 rings (SSSR count). The molecule has 1 spiro atoms. The monoisotopic (exact) mass is 281 g/mol. The van der Waals surface area contributed by atoms with E-state index >= 15 is 0 Å². The molecule has 5 heteroatoms. The minimum Gasteiger partial charge on any atom is -0.371 e. The zero-order valence-corrected chi connectivity index (χ0v) is 12.9. The lowest BCUT2D eigenvalue weighted by atomic mass is 9.96. The molecule has 4 nitrogen and oxygen atoms in total. The molecule has 1 saturated carbocycles. The van der Waals surface area contributed by atoms with Crippen molar-refractivity contribution in [3.63, 3.8) is 0 Å². The second-order valence-corrected chi connectivity index (χ2v) is 7.54. The quantitative estimate of drug-likeness (QED) is 0.793. The van der Waals surface area contributed by atoms with Crippen LogP contribution in [0.3, 0.4) is 0 Å². The van der Waals surface area contributed by atoms with E-state index in [-0.39, 0.29) is 11.0 Å². The Balaban J connectivity index is 1.76. The average molecular weight is 281 g/mol. The van der Waals surface area contributed by atoms with Gasteiger partial charge in [-0.3, -0.25) is 0 Å². The topological polar surface area (TPSA) is 38.2 Å². The molecule has 106 valence electrons. The Hall–Kier alpha value is -0.680. The third-order valence-electron chi connectivity index (χ3n) is 4.12. The van der Waals surface area contributed by atoms with Crippen molar-refractivity contribution in [1.82, 2.24) is 9.36 Å². The minimum atomic E-state index is 0.0338. The first-order valence-corrected chi connectivity index (χ1v) is 7.99. The maximum atomic E-state index is 6.07. The molecular formula is C14H23N3OS. The van der Waals surface area contributed by atoms with Gasteiger partial charge in [-0.1, -0.05) is 33.6 Å². The van der Waals surface area contributed by atoms with E-state index in [1.54, 1.807) is 0 Å². The van der Waals surface area contributed by atoms with Crippen molar-refractivity contribution in [3.8, 4) is 0 Å². The summed E-state index contributed by atoms with van der Waals surface area (Å²) in [6.07, 6.45) is 5.01. The highest BCUT2D eigenvalue weighted by Crippen LogP contribution is 2.37.